The highest BCUT2D eigenvalue weighted by Crippen LogP contribution is 2.19. The van der Waals surface area contributed by atoms with Crippen LogP contribution in [-0.4, -0.2) is 31.9 Å². The molecule has 14 heavy (non-hydrogen) atoms. The molecule has 0 spiro atoms. The Morgan fingerprint density at radius 1 is 1.50 bits per heavy atom. The normalized spacial score (nSPS) is 10.1. The van der Waals surface area contributed by atoms with Gasteiger partial charge in [-0.05, 0) is 0 Å². The number of rotatable bonds is 3. The summed E-state index contributed by atoms with van der Waals surface area (Å²) in [5.74, 6) is -2.44. The van der Waals surface area contributed by atoms with Crippen molar-refractivity contribution in [2.24, 2.45) is 7.05 Å². The first kappa shape index (κ1) is 10.5. The molecule has 1 aromatic rings. The molecule has 0 atom stereocenters. The van der Waals surface area contributed by atoms with Crippen LogP contribution in [0, 0.1) is 0 Å². The van der Waals surface area contributed by atoms with E-state index in [1.165, 1.54) is 7.05 Å². The standard InChI is InChI=1S/C7H7ClN2O4/c1-10-6(8)3(2-4(11)12)5(9-10)7(13)14/h2H2,1H3,(H,11,12)(H,13,14). The van der Waals surface area contributed by atoms with Crippen molar-refractivity contribution in [2.75, 3.05) is 0 Å². The Labute approximate surface area is 83.7 Å². The molecule has 0 aliphatic rings. The predicted octanol–water partition coefficient (Wildman–Crippen LogP) is 0.399. The van der Waals surface area contributed by atoms with Crippen LogP contribution in [0.15, 0.2) is 0 Å². The number of halogens is 1. The van der Waals surface area contributed by atoms with Crippen molar-refractivity contribution in [3.63, 3.8) is 0 Å². The first-order valence-corrected chi connectivity index (χ1v) is 3.97. The van der Waals surface area contributed by atoms with Crippen LogP contribution in [0.4, 0.5) is 0 Å². The van der Waals surface area contributed by atoms with Gasteiger partial charge in [0.2, 0.25) is 0 Å². The second kappa shape index (κ2) is 3.67. The quantitative estimate of drug-likeness (QED) is 0.766. The van der Waals surface area contributed by atoms with Crippen molar-refractivity contribution in [3.05, 3.63) is 16.4 Å². The number of carboxylic acids is 2. The molecule has 0 radical (unpaired) electrons. The number of aliphatic carboxylic acids is 1. The molecule has 0 saturated heterocycles. The maximum atomic E-state index is 10.6. The summed E-state index contributed by atoms with van der Waals surface area (Å²) in [6.45, 7) is 0. The molecule has 1 heterocycles. The lowest BCUT2D eigenvalue weighted by Crippen LogP contribution is -2.06. The third-order valence-corrected chi connectivity index (χ3v) is 2.07. The summed E-state index contributed by atoms with van der Waals surface area (Å²) in [6, 6.07) is 0. The van der Waals surface area contributed by atoms with Gasteiger partial charge in [0.25, 0.3) is 0 Å². The van der Waals surface area contributed by atoms with Crippen molar-refractivity contribution in [2.45, 2.75) is 6.42 Å². The van der Waals surface area contributed by atoms with Crippen LogP contribution in [0.3, 0.4) is 0 Å². The van der Waals surface area contributed by atoms with Gasteiger partial charge in [-0.1, -0.05) is 11.6 Å². The number of nitrogens with zero attached hydrogens (tertiary/aromatic N) is 2. The van der Waals surface area contributed by atoms with Crippen LogP contribution >= 0.6 is 11.6 Å². The maximum Gasteiger partial charge on any atom is 0.356 e. The van der Waals surface area contributed by atoms with E-state index in [-0.39, 0.29) is 16.4 Å². The summed E-state index contributed by atoms with van der Waals surface area (Å²) in [5.41, 5.74) is -0.297. The molecule has 0 aromatic carbocycles. The first-order valence-electron chi connectivity index (χ1n) is 3.60. The molecule has 1 aromatic heterocycles. The van der Waals surface area contributed by atoms with Crippen molar-refractivity contribution in [3.8, 4) is 0 Å². The van der Waals surface area contributed by atoms with Crippen LogP contribution in [0.1, 0.15) is 16.1 Å². The van der Waals surface area contributed by atoms with Crippen molar-refractivity contribution in [1.82, 2.24) is 9.78 Å². The molecule has 0 bridgehead atoms. The average molecular weight is 219 g/mol. The van der Waals surface area contributed by atoms with Crippen LogP contribution in [0.5, 0.6) is 0 Å². The fraction of sp³-hybridized carbons (Fsp3) is 0.286. The Morgan fingerprint density at radius 3 is 2.50 bits per heavy atom. The van der Waals surface area contributed by atoms with Crippen molar-refractivity contribution >= 4 is 23.5 Å². The third-order valence-electron chi connectivity index (χ3n) is 1.60. The lowest BCUT2D eigenvalue weighted by molar-refractivity contribution is -0.136. The Bertz CT molecular complexity index is 399. The van der Waals surface area contributed by atoms with Crippen molar-refractivity contribution < 1.29 is 19.8 Å². The van der Waals surface area contributed by atoms with E-state index in [4.69, 9.17) is 21.8 Å². The lowest BCUT2D eigenvalue weighted by atomic mass is 10.2. The van der Waals surface area contributed by atoms with Gasteiger partial charge in [0, 0.05) is 12.6 Å². The van der Waals surface area contributed by atoms with E-state index >= 15 is 0 Å². The minimum absolute atomic E-state index is 0.0224. The fourth-order valence-electron chi connectivity index (χ4n) is 1.03. The molecule has 7 heteroatoms. The van der Waals surface area contributed by atoms with Gasteiger partial charge in [-0.25, -0.2) is 4.79 Å². The zero-order chi connectivity index (χ0) is 10.9. The van der Waals surface area contributed by atoms with E-state index < -0.39 is 18.4 Å². The highest BCUT2D eigenvalue weighted by Gasteiger charge is 2.21. The SMILES string of the molecule is Cn1nc(C(=O)O)c(CC(=O)O)c1Cl. The van der Waals surface area contributed by atoms with Gasteiger partial charge >= 0.3 is 11.9 Å². The Hall–Kier alpha value is -1.56. The van der Waals surface area contributed by atoms with Gasteiger partial charge in [-0.2, -0.15) is 5.10 Å². The number of hydrogen-bond acceptors (Lipinski definition) is 3. The molecule has 0 aliphatic carbocycles. The molecule has 0 amide bonds. The molecule has 1 rings (SSSR count). The second-order valence-electron chi connectivity index (χ2n) is 2.62. The van der Waals surface area contributed by atoms with Gasteiger partial charge in [0.05, 0.1) is 6.42 Å². The van der Waals surface area contributed by atoms with Gasteiger partial charge < -0.3 is 10.2 Å². The molecule has 0 fully saturated rings. The number of carbonyl (C=O) groups is 2. The summed E-state index contributed by atoms with van der Waals surface area (Å²) in [5, 5.41) is 20.8. The number of aryl methyl sites for hydroxylation is 1. The smallest absolute Gasteiger partial charge is 0.356 e. The summed E-state index contributed by atoms with van der Waals surface area (Å²) in [4.78, 5) is 21.1. The van der Waals surface area contributed by atoms with E-state index in [1.807, 2.05) is 0 Å². The maximum absolute atomic E-state index is 10.6. The Kier molecular flexibility index (Phi) is 2.76. The van der Waals surface area contributed by atoms with Gasteiger partial charge in [-0.3, -0.25) is 9.48 Å². The molecule has 0 saturated carbocycles. The fourth-order valence-corrected chi connectivity index (χ4v) is 1.22. The van der Waals surface area contributed by atoms with E-state index in [0.29, 0.717) is 0 Å². The first-order chi connectivity index (χ1) is 6.43. The second-order valence-corrected chi connectivity index (χ2v) is 2.98. The largest absolute Gasteiger partial charge is 0.481 e. The molecule has 0 unspecified atom stereocenters. The minimum atomic E-state index is -1.29. The highest BCUT2D eigenvalue weighted by atomic mass is 35.5. The molecular formula is C7H7ClN2O4. The van der Waals surface area contributed by atoms with E-state index in [1.54, 1.807) is 0 Å². The topological polar surface area (TPSA) is 92.4 Å². The number of aromatic nitrogens is 2. The minimum Gasteiger partial charge on any atom is -0.481 e. The summed E-state index contributed by atoms with van der Waals surface area (Å²) < 4.78 is 1.13. The van der Waals surface area contributed by atoms with E-state index in [2.05, 4.69) is 5.10 Å². The molecule has 2 N–H and O–H groups in total. The van der Waals surface area contributed by atoms with Crippen LogP contribution in [-0.2, 0) is 18.3 Å². The van der Waals surface area contributed by atoms with Crippen LogP contribution in [0.2, 0.25) is 5.15 Å². The van der Waals surface area contributed by atoms with E-state index in [0.717, 1.165) is 4.68 Å². The van der Waals surface area contributed by atoms with Crippen molar-refractivity contribution in [1.29, 1.82) is 0 Å². The van der Waals surface area contributed by atoms with Gasteiger partial charge in [0.1, 0.15) is 5.15 Å². The number of aromatic carboxylic acids is 1. The average Bonchev–Trinajstić information content (AvgIpc) is 2.32. The zero-order valence-electron chi connectivity index (χ0n) is 7.19. The van der Waals surface area contributed by atoms with Crippen LogP contribution in [0.25, 0.3) is 0 Å². The number of carboxylic acid groups (broad SMARTS) is 2. The van der Waals surface area contributed by atoms with E-state index in [9.17, 15) is 9.59 Å². The lowest BCUT2D eigenvalue weighted by Gasteiger charge is -1.94. The molecular weight excluding hydrogens is 212 g/mol. The monoisotopic (exact) mass is 218 g/mol. The zero-order valence-corrected chi connectivity index (χ0v) is 7.95. The van der Waals surface area contributed by atoms with Gasteiger partial charge in [-0.15, -0.1) is 0 Å². The Balaban J connectivity index is 3.23. The summed E-state index contributed by atoms with van der Waals surface area (Å²) in [6.07, 6.45) is -0.450. The summed E-state index contributed by atoms with van der Waals surface area (Å²) >= 11 is 5.68. The third kappa shape index (κ3) is 1.85. The Morgan fingerprint density at radius 2 is 2.07 bits per heavy atom. The molecule has 6 nitrogen and oxygen atoms in total. The number of hydrogen-bond donors (Lipinski definition) is 2. The predicted molar refractivity (Wildman–Crippen MR) is 46.5 cm³/mol. The molecule has 76 valence electrons. The van der Waals surface area contributed by atoms with Crippen LogP contribution < -0.4 is 0 Å². The van der Waals surface area contributed by atoms with Gasteiger partial charge in [0.15, 0.2) is 5.69 Å². The summed E-state index contributed by atoms with van der Waals surface area (Å²) in [7, 11) is 1.44. The molecule has 0 aliphatic heterocycles. The highest BCUT2D eigenvalue weighted by molar-refractivity contribution is 6.31.